The zero-order valence-electron chi connectivity index (χ0n) is 24.3. The van der Waals surface area contributed by atoms with Crippen LogP contribution in [0, 0.1) is 0 Å². The summed E-state index contributed by atoms with van der Waals surface area (Å²) in [7, 11) is -2.20. The van der Waals surface area contributed by atoms with Gasteiger partial charge >= 0.3 is 6.03 Å². The van der Waals surface area contributed by atoms with E-state index in [1.807, 2.05) is 45.0 Å². The molecule has 3 N–H and O–H groups in total. The fourth-order valence-corrected chi connectivity index (χ4v) is 5.03. The number of nitrogens with zero attached hydrogens (tertiary/aromatic N) is 2. The number of carbonyl (C=O) groups excluding carboxylic acids is 1. The highest BCUT2D eigenvalue weighted by atomic mass is 32.2. The van der Waals surface area contributed by atoms with Crippen molar-refractivity contribution in [1.29, 1.82) is 0 Å². The van der Waals surface area contributed by atoms with Crippen molar-refractivity contribution in [3.8, 4) is 28.7 Å². The number of fused-ring (bicyclic) bond motifs is 1. The largest absolute Gasteiger partial charge is 0.492 e. The van der Waals surface area contributed by atoms with Gasteiger partial charge < -0.3 is 24.5 Å². The minimum atomic E-state index is -3.61. The summed E-state index contributed by atoms with van der Waals surface area (Å²) in [5.41, 5.74) is 2.10. The van der Waals surface area contributed by atoms with Gasteiger partial charge in [0.1, 0.15) is 17.2 Å². The lowest BCUT2D eigenvalue weighted by Gasteiger charge is -2.24. The van der Waals surface area contributed by atoms with Crippen LogP contribution in [0.1, 0.15) is 26.3 Å². The number of carbonyl (C=O) groups is 1. The molecule has 0 spiro atoms. The molecule has 0 saturated carbocycles. The summed E-state index contributed by atoms with van der Waals surface area (Å²) in [5, 5.41) is 7.24. The zero-order chi connectivity index (χ0) is 30.8. The molecule has 222 valence electrons. The molecule has 5 rings (SSSR count). The first-order chi connectivity index (χ1) is 20.4. The standard InChI is InChI=1S/C31H31N5O6S/c1-31(2,3)19-14-25(29(40-4)26(15-19)36-43(5,38)39)35-30(37)34-23-10-11-27(22-9-7-6-8-21(22)23)42-20-12-13-33-24(16-20)28-17-32-18-41-28/h6-18,36H,1-5H3,(H2,34,35,37). The Bertz CT molecular complexity index is 1900. The molecular formula is C31H31N5O6S. The molecule has 3 aromatic carbocycles. The van der Waals surface area contributed by atoms with Gasteiger partial charge in [-0.2, -0.15) is 0 Å². The van der Waals surface area contributed by atoms with Gasteiger partial charge in [0.05, 0.1) is 36.6 Å². The number of methoxy groups -OCH3 is 1. The number of hydrogen-bond acceptors (Lipinski definition) is 8. The maximum Gasteiger partial charge on any atom is 0.323 e. The van der Waals surface area contributed by atoms with E-state index in [1.165, 1.54) is 13.5 Å². The lowest BCUT2D eigenvalue weighted by molar-refractivity contribution is 0.262. The van der Waals surface area contributed by atoms with Gasteiger partial charge in [0, 0.05) is 23.0 Å². The molecule has 0 aliphatic carbocycles. The Labute approximate surface area is 249 Å². The fraction of sp³-hybridized carbons (Fsp3) is 0.194. The third kappa shape index (κ3) is 6.87. The summed E-state index contributed by atoms with van der Waals surface area (Å²) in [5.74, 6) is 1.83. The Morgan fingerprint density at radius 3 is 2.33 bits per heavy atom. The van der Waals surface area contributed by atoms with Crippen LogP contribution in [0.25, 0.3) is 22.2 Å². The van der Waals surface area contributed by atoms with E-state index >= 15 is 0 Å². The molecule has 0 aliphatic heterocycles. The minimum Gasteiger partial charge on any atom is -0.492 e. The molecule has 0 radical (unpaired) electrons. The first-order valence-corrected chi connectivity index (χ1v) is 15.1. The number of sulfonamides is 1. The molecular weight excluding hydrogens is 570 g/mol. The Morgan fingerprint density at radius 1 is 0.930 bits per heavy atom. The number of urea groups is 1. The number of oxazole rings is 1. The Balaban J connectivity index is 1.43. The third-order valence-corrected chi connectivity index (χ3v) is 7.07. The number of rotatable bonds is 8. The summed E-state index contributed by atoms with van der Waals surface area (Å²) < 4.78 is 43.7. The van der Waals surface area contributed by atoms with Crippen LogP contribution >= 0.6 is 0 Å². The first kappa shape index (κ1) is 29.4. The molecule has 0 unspecified atom stereocenters. The lowest BCUT2D eigenvalue weighted by Crippen LogP contribution is -2.22. The van der Waals surface area contributed by atoms with Gasteiger partial charge in [-0.15, -0.1) is 0 Å². The van der Waals surface area contributed by atoms with Gasteiger partial charge in [-0.1, -0.05) is 45.0 Å². The Hall–Kier alpha value is -5.10. The molecule has 12 heteroatoms. The van der Waals surface area contributed by atoms with E-state index in [-0.39, 0.29) is 16.9 Å². The average molecular weight is 602 g/mol. The Morgan fingerprint density at radius 2 is 1.65 bits per heavy atom. The van der Waals surface area contributed by atoms with E-state index in [0.29, 0.717) is 34.3 Å². The first-order valence-electron chi connectivity index (χ1n) is 13.2. The molecule has 0 aliphatic rings. The highest BCUT2D eigenvalue weighted by Gasteiger charge is 2.22. The summed E-state index contributed by atoms with van der Waals surface area (Å²) >= 11 is 0. The number of hydrogen-bond donors (Lipinski definition) is 3. The molecule has 0 bridgehead atoms. The third-order valence-electron chi connectivity index (χ3n) is 6.48. The molecule has 5 aromatic rings. The smallest absolute Gasteiger partial charge is 0.323 e. The second kappa shape index (κ2) is 11.6. The van der Waals surface area contributed by atoms with Crippen molar-refractivity contribution >= 4 is 43.9 Å². The number of benzene rings is 3. The van der Waals surface area contributed by atoms with Crippen LogP contribution in [-0.2, 0) is 15.4 Å². The fourth-order valence-electron chi connectivity index (χ4n) is 4.47. The van der Waals surface area contributed by atoms with Crippen molar-refractivity contribution in [2.45, 2.75) is 26.2 Å². The van der Waals surface area contributed by atoms with Gasteiger partial charge in [-0.25, -0.2) is 18.2 Å². The van der Waals surface area contributed by atoms with Gasteiger partial charge in [0.25, 0.3) is 0 Å². The topological polar surface area (TPSA) is 145 Å². The van der Waals surface area contributed by atoms with E-state index in [0.717, 1.165) is 22.6 Å². The Kier molecular flexibility index (Phi) is 7.96. The lowest BCUT2D eigenvalue weighted by atomic mass is 9.86. The predicted molar refractivity (Wildman–Crippen MR) is 167 cm³/mol. The van der Waals surface area contributed by atoms with Crippen molar-refractivity contribution < 1.29 is 27.1 Å². The van der Waals surface area contributed by atoms with E-state index < -0.39 is 16.1 Å². The van der Waals surface area contributed by atoms with Crippen molar-refractivity contribution in [3.05, 3.63) is 85.0 Å². The van der Waals surface area contributed by atoms with Crippen LogP contribution in [0.5, 0.6) is 17.2 Å². The highest BCUT2D eigenvalue weighted by Crippen LogP contribution is 2.40. The minimum absolute atomic E-state index is 0.184. The van der Waals surface area contributed by atoms with Crippen LogP contribution in [0.15, 0.2) is 83.9 Å². The SMILES string of the molecule is COc1c(NC(=O)Nc2ccc(Oc3ccnc(-c4cnco4)c3)c3ccccc23)cc(C(C)(C)C)cc1NS(C)(=O)=O. The zero-order valence-corrected chi connectivity index (χ0v) is 25.1. The molecule has 0 saturated heterocycles. The molecule has 0 atom stereocenters. The van der Waals surface area contributed by atoms with Crippen LogP contribution in [0.2, 0.25) is 0 Å². The normalized spacial score (nSPS) is 11.7. The summed E-state index contributed by atoms with van der Waals surface area (Å²) in [6.07, 6.45) is 5.59. The highest BCUT2D eigenvalue weighted by molar-refractivity contribution is 7.92. The van der Waals surface area contributed by atoms with Crippen LogP contribution in [0.3, 0.4) is 0 Å². The van der Waals surface area contributed by atoms with Crippen molar-refractivity contribution in [1.82, 2.24) is 9.97 Å². The quantitative estimate of drug-likeness (QED) is 0.172. The van der Waals surface area contributed by atoms with E-state index in [4.69, 9.17) is 13.9 Å². The van der Waals surface area contributed by atoms with Crippen molar-refractivity contribution in [2.24, 2.45) is 0 Å². The molecule has 2 amide bonds. The van der Waals surface area contributed by atoms with Gasteiger partial charge in [-0.05, 0) is 41.3 Å². The molecule has 43 heavy (non-hydrogen) atoms. The van der Waals surface area contributed by atoms with E-state index in [9.17, 15) is 13.2 Å². The van der Waals surface area contributed by atoms with E-state index in [1.54, 1.807) is 48.8 Å². The van der Waals surface area contributed by atoms with Gasteiger partial charge in [0.2, 0.25) is 10.0 Å². The number of ether oxygens (including phenoxy) is 2. The number of pyridine rings is 1. The number of amides is 2. The maximum atomic E-state index is 13.3. The van der Waals surface area contributed by atoms with Crippen LogP contribution in [0.4, 0.5) is 21.9 Å². The molecule has 11 nitrogen and oxygen atoms in total. The van der Waals surface area contributed by atoms with Crippen molar-refractivity contribution in [3.63, 3.8) is 0 Å². The summed E-state index contributed by atoms with van der Waals surface area (Å²) in [4.78, 5) is 21.6. The van der Waals surface area contributed by atoms with Crippen molar-refractivity contribution in [2.75, 3.05) is 28.7 Å². The van der Waals surface area contributed by atoms with Crippen LogP contribution in [-0.4, -0.2) is 37.8 Å². The number of nitrogens with one attached hydrogen (secondary N) is 3. The van der Waals surface area contributed by atoms with E-state index in [2.05, 4.69) is 25.3 Å². The van der Waals surface area contributed by atoms with Gasteiger partial charge in [-0.3, -0.25) is 9.71 Å². The predicted octanol–water partition coefficient (Wildman–Crippen LogP) is 7.00. The molecule has 2 aromatic heterocycles. The second-order valence-corrected chi connectivity index (χ2v) is 12.6. The molecule has 0 fully saturated rings. The number of aromatic nitrogens is 2. The monoisotopic (exact) mass is 601 g/mol. The van der Waals surface area contributed by atoms with Crippen LogP contribution < -0.4 is 24.8 Å². The van der Waals surface area contributed by atoms with Gasteiger partial charge in [0.15, 0.2) is 17.9 Å². The average Bonchev–Trinajstić information content (AvgIpc) is 3.48. The second-order valence-electron chi connectivity index (χ2n) is 10.8. The number of anilines is 3. The molecule has 2 heterocycles. The summed E-state index contributed by atoms with van der Waals surface area (Å²) in [6.45, 7) is 5.96. The summed E-state index contributed by atoms with van der Waals surface area (Å²) in [6, 6.07) is 17.4. The maximum absolute atomic E-state index is 13.3.